The molecule has 0 saturated heterocycles. The van der Waals surface area contributed by atoms with E-state index in [1.54, 1.807) is 36.4 Å². The second-order valence-corrected chi connectivity index (χ2v) is 5.61. The van der Waals surface area contributed by atoms with Crippen molar-refractivity contribution in [2.45, 2.75) is 24.5 Å². The maximum atomic E-state index is 12.5. The molecule has 0 aliphatic rings. The lowest BCUT2D eigenvalue weighted by atomic mass is 10.0. The molecule has 110 valence electrons. The molecule has 0 bridgehead atoms. The lowest BCUT2D eigenvalue weighted by Gasteiger charge is -2.12. The summed E-state index contributed by atoms with van der Waals surface area (Å²) in [6.45, 7) is 3.79. The molecule has 2 aromatic rings. The Labute approximate surface area is 126 Å². The fraction of sp³-hybridized carbons (Fsp3) is 0.188. The summed E-state index contributed by atoms with van der Waals surface area (Å²) >= 11 is 0.422. The van der Waals surface area contributed by atoms with Crippen LogP contribution in [0.1, 0.15) is 21.5 Å². The van der Waals surface area contributed by atoms with Gasteiger partial charge in [0.1, 0.15) is 0 Å². The van der Waals surface area contributed by atoms with Crippen LogP contribution < -0.4 is 5.32 Å². The highest BCUT2D eigenvalue weighted by Gasteiger charge is 2.14. The number of anilines is 1. The minimum atomic E-state index is -2.52. The number of nitrogens with one attached hydrogen (secondary N) is 1. The van der Waals surface area contributed by atoms with Crippen LogP contribution in [0, 0.1) is 13.8 Å². The minimum Gasteiger partial charge on any atom is -0.321 e. The van der Waals surface area contributed by atoms with E-state index >= 15 is 0 Å². The second-order valence-electron chi connectivity index (χ2n) is 4.58. The van der Waals surface area contributed by atoms with Crippen LogP contribution in [0.15, 0.2) is 47.4 Å². The fourth-order valence-electron chi connectivity index (χ4n) is 1.96. The summed E-state index contributed by atoms with van der Waals surface area (Å²) in [7, 11) is 0. The summed E-state index contributed by atoms with van der Waals surface area (Å²) in [4.78, 5) is 12.7. The number of hydrogen-bond donors (Lipinski definition) is 1. The van der Waals surface area contributed by atoms with Crippen molar-refractivity contribution in [2.75, 3.05) is 5.32 Å². The van der Waals surface area contributed by atoms with Gasteiger partial charge in [0.25, 0.3) is 11.7 Å². The fourth-order valence-corrected chi connectivity index (χ4v) is 2.55. The van der Waals surface area contributed by atoms with Crippen molar-refractivity contribution in [1.82, 2.24) is 0 Å². The third-order valence-corrected chi connectivity index (χ3v) is 3.99. The first-order valence-corrected chi connectivity index (χ1v) is 7.28. The van der Waals surface area contributed by atoms with Crippen molar-refractivity contribution in [3.05, 3.63) is 59.2 Å². The largest absolute Gasteiger partial charge is 0.321 e. The van der Waals surface area contributed by atoms with Crippen molar-refractivity contribution in [3.63, 3.8) is 0 Å². The molecule has 0 heterocycles. The lowest BCUT2D eigenvalue weighted by molar-refractivity contribution is 0.102. The molecular formula is C16H15F2NOS. The van der Waals surface area contributed by atoms with E-state index in [0.29, 0.717) is 27.9 Å². The first-order valence-electron chi connectivity index (χ1n) is 6.40. The van der Waals surface area contributed by atoms with E-state index in [0.717, 1.165) is 11.1 Å². The van der Waals surface area contributed by atoms with E-state index in [4.69, 9.17) is 0 Å². The smallest absolute Gasteiger partial charge is 0.288 e. The predicted molar refractivity (Wildman–Crippen MR) is 82.2 cm³/mol. The highest BCUT2D eigenvalue weighted by Crippen LogP contribution is 2.32. The summed E-state index contributed by atoms with van der Waals surface area (Å²) in [5.74, 6) is -2.82. The topological polar surface area (TPSA) is 29.1 Å². The number of para-hydroxylation sites is 1. The Bertz CT molecular complexity index is 658. The molecule has 5 heteroatoms. The lowest BCUT2D eigenvalue weighted by Crippen LogP contribution is -2.14. The van der Waals surface area contributed by atoms with Gasteiger partial charge in [0.2, 0.25) is 0 Å². The number of rotatable bonds is 4. The number of hydrogen-bond acceptors (Lipinski definition) is 2. The van der Waals surface area contributed by atoms with Crippen LogP contribution in [0.25, 0.3) is 0 Å². The monoisotopic (exact) mass is 307 g/mol. The average Bonchev–Trinajstić information content (AvgIpc) is 2.43. The van der Waals surface area contributed by atoms with Crippen molar-refractivity contribution in [2.24, 2.45) is 0 Å². The summed E-state index contributed by atoms with van der Waals surface area (Å²) < 4.78 is 25.1. The molecule has 0 radical (unpaired) electrons. The molecular weight excluding hydrogens is 292 g/mol. The summed E-state index contributed by atoms with van der Waals surface area (Å²) in [5, 5.41) is 2.71. The first kappa shape index (κ1) is 15.5. The predicted octanol–water partition coefficient (Wildman–Crippen LogP) is 4.87. The number of carbonyl (C=O) groups is 1. The molecule has 2 rings (SSSR count). The molecule has 1 amide bonds. The van der Waals surface area contributed by atoms with Crippen LogP contribution in [0.2, 0.25) is 0 Å². The normalized spacial score (nSPS) is 10.7. The molecule has 0 unspecified atom stereocenters. The van der Waals surface area contributed by atoms with Gasteiger partial charge in [-0.2, -0.15) is 8.78 Å². The maximum absolute atomic E-state index is 12.5. The van der Waals surface area contributed by atoms with Crippen molar-refractivity contribution in [3.8, 4) is 0 Å². The molecule has 0 fully saturated rings. The zero-order valence-electron chi connectivity index (χ0n) is 11.7. The molecule has 2 aromatic carbocycles. The average molecular weight is 307 g/mol. The molecule has 1 N–H and O–H groups in total. The zero-order chi connectivity index (χ0) is 15.4. The highest BCUT2D eigenvalue weighted by atomic mass is 32.2. The van der Waals surface area contributed by atoms with Gasteiger partial charge in [-0.15, -0.1) is 0 Å². The summed E-state index contributed by atoms with van der Waals surface area (Å²) in [6.07, 6.45) is 0. The van der Waals surface area contributed by atoms with Gasteiger partial charge in [0.05, 0.1) is 5.69 Å². The van der Waals surface area contributed by atoms with E-state index in [2.05, 4.69) is 5.32 Å². The number of alkyl halides is 2. The third-order valence-electron chi connectivity index (χ3n) is 3.20. The van der Waals surface area contributed by atoms with E-state index in [-0.39, 0.29) is 5.91 Å². The number of thioether (sulfide) groups is 1. The van der Waals surface area contributed by atoms with Crippen molar-refractivity contribution < 1.29 is 13.6 Å². The molecule has 21 heavy (non-hydrogen) atoms. The molecule has 0 aromatic heterocycles. The standard InChI is InChI=1S/C16H15F2NOS/c1-10-6-5-7-12(11(10)2)15(20)19-13-8-3-4-9-14(13)21-16(17)18/h3-9,16H,1-2H3,(H,19,20). The quantitative estimate of drug-likeness (QED) is 0.816. The van der Waals surface area contributed by atoms with Crippen LogP contribution in [0.4, 0.5) is 14.5 Å². The molecule has 0 aliphatic carbocycles. The number of halogens is 2. The number of carbonyl (C=O) groups excluding carboxylic acids is 1. The van der Waals surface area contributed by atoms with E-state index in [1.165, 1.54) is 0 Å². The zero-order valence-corrected chi connectivity index (χ0v) is 12.5. The van der Waals surface area contributed by atoms with Gasteiger partial charge in [-0.05, 0) is 43.2 Å². The van der Waals surface area contributed by atoms with Crippen LogP contribution >= 0.6 is 11.8 Å². The molecule has 0 spiro atoms. The number of aryl methyl sites for hydroxylation is 1. The number of benzene rings is 2. The third kappa shape index (κ3) is 3.82. The minimum absolute atomic E-state index is 0.293. The van der Waals surface area contributed by atoms with E-state index < -0.39 is 5.76 Å². The van der Waals surface area contributed by atoms with Gasteiger partial charge in [-0.3, -0.25) is 4.79 Å². The SMILES string of the molecule is Cc1cccc(C(=O)Nc2ccccc2SC(F)F)c1C. The van der Waals surface area contributed by atoms with Gasteiger partial charge >= 0.3 is 0 Å². The molecule has 2 nitrogen and oxygen atoms in total. The Balaban J connectivity index is 2.26. The second kappa shape index (κ2) is 6.72. The Hall–Kier alpha value is -1.88. The Morgan fingerprint density at radius 2 is 1.81 bits per heavy atom. The van der Waals surface area contributed by atoms with Gasteiger partial charge < -0.3 is 5.32 Å². The first-order chi connectivity index (χ1) is 9.99. The van der Waals surface area contributed by atoms with E-state index in [1.807, 2.05) is 19.9 Å². The van der Waals surface area contributed by atoms with Crippen molar-refractivity contribution in [1.29, 1.82) is 0 Å². The van der Waals surface area contributed by atoms with Gasteiger partial charge in [-0.25, -0.2) is 0 Å². The van der Waals surface area contributed by atoms with Gasteiger partial charge in [-0.1, -0.05) is 36.0 Å². The van der Waals surface area contributed by atoms with Gasteiger partial charge in [0, 0.05) is 10.5 Å². The van der Waals surface area contributed by atoms with E-state index in [9.17, 15) is 13.6 Å². The molecule has 0 atom stereocenters. The van der Waals surface area contributed by atoms with Crippen LogP contribution in [0.3, 0.4) is 0 Å². The summed E-state index contributed by atoms with van der Waals surface area (Å²) in [6, 6.07) is 12.0. The van der Waals surface area contributed by atoms with Gasteiger partial charge in [0.15, 0.2) is 0 Å². The number of amides is 1. The molecule has 0 saturated carbocycles. The highest BCUT2D eigenvalue weighted by molar-refractivity contribution is 7.99. The molecule has 0 aliphatic heterocycles. The maximum Gasteiger partial charge on any atom is 0.288 e. The summed E-state index contributed by atoms with van der Waals surface area (Å²) in [5.41, 5.74) is 2.84. The van der Waals surface area contributed by atoms with Crippen LogP contribution in [-0.2, 0) is 0 Å². The van der Waals surface area contributed by atoms with Crippen molar-refractivity contribution >= 4 is 23.4 Å². The Morgan fingerprint density at radius 3 is 2.52 bits per heavy atom. The Kier molecular flexibility index (Phi) is 4.96. The van der Waals surface area contributed by atoms with Crippen LogP contribution in [0.5, 0.6) is 0 Å². The Morgan fingerprint density at radius 1 is 1.10 bits per heavy atom. The van der Waals surface area contributed by atoms with Crippen LogP contribution in [-0.4, -0.2) is 11.7 Å².